The molecule has 0 bridgehead atoms. The van der Waals surface area contributed by atoms with Crippen LogP contribution < -0.4 is 14.9 Å². The predicted molar refractivity (Wildman–Crippen MR) is 127 cm³/mol. The number of benzene rings is 1. The van der Waals surface area contributed by atoms with E-state index in [2.05, 4.69) is 20.6 Å². The second-order valence-corrected chi connectivity index (χ2v) is 8.69. The molecule has 1 aliphatic heterocycles. The fourth-order valence-corrected chi connectivity index (χ4v) is 4.00. The molecule has 11 nitrogen and oxygen atoms in total. The minimum Gasteiger partial charge on any atom is -0.711 e. The van der Waals surface area contributed by atoms with E-state index in [1.807, 2.05) is 36.3 Å². The Hall–Kier alpha value is -4.09. The fourth-order valence-electron chi connectivity index (χ4n) is 4.00. The molecule has 174 valence electrons. The van der Waals surface area contributed by atoms with Gasteiger partial charge in [-0.1, -0.05) is 17.3 Å². The lowest BCUT2D eigenvalue weighted by Gasteiger charge is -2.43. The predicted octanol–water partition coefficient (Wildman–Crippen LogP) is 1.68. The number of rotatable bonds is 4. The number of amides is 1. The van der Waals surface area contributed by atoms with Gasteiger partial charge in [-0.15, -0.1) is 5.10 Å². The van der Waals surface area contributed by atoms with E-state index in [9.17, 15) is 15.2 Å². The number of nitrogens with one attached hydrogen (secondary N) is 1. The summed E-state index contributed by atoms with van der Waals surface area (Å²) < 4.78 is 2.03. The Kier molecular flexibility index (Phi) is 5.34. The lowest BCUT2D eigenvalue weighted by atomic mass is 10.1. The first-order valence-corrected chi connectivity index (χ1v) is 10.9. The van der Waals surface area contributed by atoms with Crippen LogP contribution in [0.5, 0.6) is 0 Å². The molecule has 0 aliphatic carbocycles. The number of likely N-dealkylation sites (N-methyl/N-ethyl adjacent to an activating group) is 1. The number of pyridine rings is 2. The number of aryl methyl sites for hydroxylation is 1. The van der Waals surface area contributed by atoms with Gasteiger partial charge in [0.2, 0.25) is 0 Å². The third-order valence-corrected chi connectivity index (χ3v) is 6.03. The van der Waals surface area contributed by atoms with E-state index >= 15 is 0 Å². The molecule has 3 aromatic heterocycles. The molecular formula is C23H24N8O3. The first-order chi connectivity index (χ1) is 16.3. The average Bonchev–Trinajstić information content (AvgIpc) is 3.25. The third-order valence-electron chi connectivity index (χ3n) is 6.03. The highest BCUT2D eigenvalue weighted by molar-refractivity contribution is 6.04. The van der Waals surface area contributed by atoms with Gasteiger partial charge in [-0.2, -0.15) is 0 Å². The molecule has 5 rings (SSSR count). The van der Waals surface area contributed by atoms with Crippen molar-refractivity contribution in [3.63, 3.8) is 0 Å². The smallest absolute Gasteiger partial charge is 0.280 e. The lowest BCUT2D eigenvalue weighted by molar-refractivity contribution is -0.861. The maximum atomic E-state index is 12.9. The number of carbonyl (C=O) groups excluding carboxylic acids is 1. The van der Waals surface area contributed by atoms with Gasteiger partial charge in [0.15, 0.2) is 0 Å². The molecule has 1 aromatic carbocycles. The van der Waals surface area contributed by atoms with E-state index < -0.39 is 0 Å². The number of hydrogen-bond acceptors (Lipinski definition) is 7. The minimum absolute atomic E-state index is 0.332. The Morgan fingerprint density at radius 1 is 1.15 bits per heavy atom. The molecule has 0 saturated carbocycles. The average molecular weight is 460 g/mol. The van der Waals surface area contributed by atoms with Crippen LogP contribution in [0, 0.1) is 10.4 Å². The van der Waals surface area contributed by atoms with Crippen LogP contribution in [0.15, 0.2) is 55.0 Å². The Labute approximate surface area is 195 Å². The summed E-state index contributed by atoms with van der Waals surface area (Å²) in [6.45, 7) is 1.67. The zero-order chi connectivity index (χ0) is 23.9. The molecule has 0 atom stereocenters. The third kappa shape index (κ3) is 4.38. The van der Waals surface area contributed by atoms with Gasteiger partial charge in [0.1, 0.15) is 37.7 Å². The minimum atomic E-state index is -0.375. The summed E-state index contributed by atoms with van der Waals surface area (Å²) in [5, 5.41) is 37.2. The Morgan fingerprint density at radius 3 is 2.68 bits per heavy atom. The Balaban J connectivity index is 1.37. The summed E-state index contributed by atoms with van der Waals surface area (Å²) in [4.78, 5) is 19.1. The molecule has 0 radical (unpaired) electrons. The van der Waals surface area contributed by atoms with Gasteiger partial charge < -0.3 is 20.4 Å². The second kappa shape index (κ2) is 8.36. The van der Waals surface area contributed by atoms with E-state index in [4.69, 9.17) is 0 Å². The van der Waals surface area contributed by atoms with Crippen LogP contribution in [0.1, 0.15) is 10.4 Å². The molecule has 0 spiro atoms. The number of anilines is 2. The van der Waals surface area contributed by atoms with E-state index in [0.717, 1.165) is 26.8 Å². The van der Waals surface area contributed by atoms with Crippen molar-refractivity contribution in [1.82, 2.24) is 20.0 Å². The van der Waals surface area contributed by atoms with Gasteiger partial charge in [-0.3, -0.25) is 9.48 Å². The Bertz CT molecular complexity index is 1370. The first-order valence-electron chi connectivity index (χ1n) is 10.9. The molecule has 1 fully saturated rings. The zero-order valence-electron chi connectivity index (χ0n) is 18.9. The van der Waals surface area contributed by atoms with Gasteiger partial charge in [-0.05, 0) is 23.6 Å². The molecule has 4 heterocycles. The quantitative estimate of drug-likeness (QED) is 0.279. The van der Waals surface area contributed by atoms with Crippen LogP contribution in [0.2, 0.25) is 0 Å². The molecule has 1 amide bonds. The fraction of sp³-hybridized carbons (Fsp3) is 0.261. The van der Waals surface area contributed by atoms with Crippen molar-refractivity contribution in [3.05, 3.63) is 71.0 Å². The van der Waals surface area contributed by atoms with Crippen LogP contribution >= 0.6 is 0 Å². The molecular weight excluding hydrogens is 436 g/mol. The van der Waals surface area contributed by atoms with Crippen molar-refractivity contribution in [3.8, 4) is 11.3 Å². The maximum absolute atomic E-state index is 12.9. The zero-order valence-corrected chi connectivity index (χ0v) is 18.9. The van der Waals surface area contributed by atoms with Gasteiger partial charge >= 0.3 is 0 Å². The molecule has 1 N–H and O–H groups in total. The largest absolute Gasteiger partial charge is 0.711 e. The van der Waals surface area contributed by atoms with Gasteiger partial charge in [0, 0.05) is 30.3 Å². The summed E-state index contributed by atoms with van der Waals surface area (Å²) in [6.07, 6.45) is 4.84. The highest BCUT2D eigenvalue weighted by Crippen LogP contribution is 2.24. The standard InChI is InChI=1S/C23H24N8O3/c1-28-15-20(26-27-28)16-3-4-18-14-24-21(12-19(18)11-16)25-23(32)17-5-6-30(33)22(13-17)29-7-9-31(2,34)10-8-29/h3-6,11-15H,7-10H2,1-2H3,(H,24,25,32). The Morgan fingerprint density at radius 2 is 1.94 bits per heavy atom. The van der Waals surface area contributed by atoms with Crippen molar-refractivity contribution in [2.24, 2.45) is 7.05 Å². The summed E-state index contributed by atoms with van der Waals surface area (Å²) >= 11 is 0. The normalized spacial score (nSPS) is 15.4. The lowest BCUT2D eigenvalue weighted by Crippen LogP contribution is -2.55. The molecule has 34 heavy (non-hydrogen) atoms. The van der Waals surface area contributed by atoms with E-state index in [0.29, 0.717) is 43.4 Å². The van der Waals surface area contributed by atoms with Crippen LogP contribution in [0.25, 0.3) is 22.0 Å². The molecule has 11 heteroatoms. The van der Waals surface area contributed by atoms with Crippen molar-refractivity contribution < 1.29 is 14.2 Å². The van der Waals surface area contributed by atoms with Crippen LogP contribution in [-0.4, -0.2) is 63.8 Å². The molecule has 1 saturated heterocycles. The monoisotopic (exact) mass is 460 g/mol. The van der Waals surface area contributed by atoms with Crippen LogP contribution in [-0.2, 0) is 7.05 Å². The first kappa shape index (κ1) is 21.7. The van der Waals surface area contributed by atoms with Gasteiger partial charge in [-0.25, -0.2) is 14.6 Å². The highest BCUT2D eigenvalue weighted by atomic mass is 16.5. The summed E-state index contributed by atoms with van der Waals surface area (Å²) in [5.74, 6) is 0.374. The number of hydrogen-bond donors (Lipinski definition) is 1. The van der Waals surface area contributed by atoms with E-state index in [1.54, 1.807) is 30.1 Å². The number of carbonyl (C=O) groups is 1. The summed E-state index contributed by atoms with van der Waals surface area (Å²) in [5.41, 5.74) is 2.00. The van der Waals surface area contributed by atoms with Crippen LogP contribution in [0.3, 0.4) is 0 Å². The molecule has 1 aliphatic rings. The summed E-state index contributed by atoms with van der Waals surface area (Å²) in [6, 6.07) is 10.7. The van der Waals surface area contributed by atoms with Crippen molar-refractivity contribution >= 4 is 28.3 Å². The van der Waals surface area contributed by atoms with Crippen molar-refractivity contribution in [1.29, 1.82) is 0 Å². The van der Waals surface area contributed by atoms with Gasteiger partial charge in [0.05, 0.1) is 25.0 Å². The molecule has 0 unspecified atom stereocenters. The SMILES string of the molecule is Cn1cc(-c2ccc3cnc(NC(=O)c4cc[n+]([O-])c(N5CC[N+](C)([O-])CC5)c4)cc3c2)nn1. The van der Waals surface area contributed by atoms with Crippen molar-refractivity contribution in [2.45, 2.75) is 0 Å². The topological polar surface area (TPSA) is 126 Å². The number of quaternary nitrogens is 1. The van der Waals surface area contributed by atoms with E-state index in [-0.39, 0.29) is 10.6 Å². The summed E-state index contributed by atoms with van der Waals surface area (Å²) in [7, 11) is 3.43. The maximum Gasteiger partial charge on any atom is 0.280 e. The number of piperazine rings is 1. The van der Waals surface area contributed by atoms with Crippen molar-refractivity contribution in [2.75, 3.05) is 43.4 Å². The number of fused-ring (bicyclic) bond motifs is 1. The number of hydroxylamine groups is 3. The highest BCUT2D eigenvalue weighted by Gasteiger charge is 2.28. The molecule has 4 aromatic rings. The number of aromatic nitrogens is 5. The van der Waals surface area contributed by atoms with E-state index in [1.165, 1.54) is 12.3 Å². The van der Waals surface area contributed by atoms with Crippen LogP contribution in [0.4, 0.5) is 11.6 Å². The second-order valence-electron chi connectivity index (χ2n) is 8.69. The number of nitrogens with zero attached hydrogens (tertiary/aromatic N) is 7. The van der Waals surface area contributed by atoms with Gasteiger partial charge in [0.25, 0.3) is 11.7 Å².